The highest BCUT2D eigenvalue weighted by atomic mass is 16.5. The summed E-state index contributed by atoms with van der Waals surface area (Å²) >= 11 is 0. The predicted molar refractivity (Wildman–Crippen MR) is 70.2 cm³/mol. The molecular weight excluding hydrogens is 258 g/mol. The molecule has 104 valence electrons. The number of nitrogens with zero attached hydrogens (tertiary/aromatic N) is 1. The Balaban J connectivity index is 1.89. The molecule has 2 aliphatic rings. The van der Waals surface area contributed by atoms with Crippen molar-refractivity contribution in [2.24, 2.45) is 11.8 Å². The van der Waals surface area contributed by atoms with Gasteiger partial charge in [0.15, 0.2) is 5.78 Å². The number of methoxy groups -OCH3 is 1. The number of Topliss-reactive ketones (excluding diaryl/α,β-unsaturated/α-hetero) is 1. The van der Waals surface area contributed by atoms with E-state index in [1.54, 1.807) is 18.2 Å². The van der Waals surface area contributed by atoms with Crippen molar-refractivity contribution in [1.29, 1.82) is 0 Å². The van der Waals surface area contributed by atoms with Crippen molar-refractivity contribution < 1.29 is 19.1 Å². The molecule has 1 aromatic carbocycles. The number of carbonyl (C=O) groups excluding carboxylic acids is 3. The quantitative estimate of drug-likeness (QED) is 0.614. The Morgan fingerprint density at radius 3 is 2.50 bits per heavy atom. The van der Waals surface area contributed by atoms with Crippen LogP contribution < -0.4 is 4.74 Å². The Morgan fingerprint density at radius 1 is 1.30 bits per heavy atom. The fraction of sp³-hybridized carbons (Fsp3) is 0.400. The lowest BCUT2D eigenvalue weighted by Gasteiger charge is -2.18. The van der Waals surface area contributed by atoms with Crippen LogP contribution in [-0.4, -0.2) is 29.6 Å². The summed E-state index contributed by atoms with van der Waals surface area (Å²) in [5.74, 6) is 0.103. The zero-order chi connectivity index (χ0) is 14.4. The second-order valence-corrected chi connectivity index (χ2v) is 5.29. The smallest absolute Gasteiger partial charge is 0.233 e. The molecule has 20 heavy (non-hydrogen) atoms. The number of amides is 2. The number of rotatable bonds is 4. The van der Waals surface area contributed by atoms with E-state index in [4.69, 9.17) is 4.74 Å². The van der Waals surface area contributed by atoms with Crippen LogP contribution in [0.3, 0.4) is 0 Å². The molecule has 2 fully saturated rings. The molecule has 0 spiro atoms. The molecule has 3 rings (SSSR count). The third kappa shape index (κ3) is 1.90. The minimum absolute atomic E-state index is 0.0594. The van der Waals surface area contributed by atoms with Crippen molar-refractivity contribution in [2.75, 3.05) is 7.11 Å². The molecule has 5 heteroatoms. The summed E-state index contributed by atoms with van der Waals surface area (Å²) in [5.41, 5.74) is 1.23. The molecule has 0 N–H and O–H groups in total. The lowest BCUT2D eigenvalue weighted by atomic mass is 10.1. The van der Waals surface area contributed by atoms with E-state index in [2.05, 4.69) is 0 Å². The van der Waals surface area contributed by atoms with Gasteiger partial charge in [-0.3, -0.25) is 19.3 Å². The van der Waals surface area contributed by atoms with Gasteiger partial charge in [0, 0.05) is 11.1 Å². The molecular formula is C15H15NO4. The van der Waals surface area contributed by atoms with Crippen molar-refractivity contribution in [3.8, 4) is 5.75 Å². The average molecular weight is 273 g/mol. The zero-order valence-electron chi connectivity index (χ0n) is 11.4. The Kier molecular flexibility index (Phi) is 2.85. The van der Waals surface area contributed by atoms with Gasteiger partial charge in [0.05, 0.1) is 25.5 Å². The number of piperidine rings is 1. The summed E-state index contributed by atoms with van der Waals surface area (Å²) in [5, 5.41) is 0. The van der Waals surface area contributed by atoms with Crippen LogP contribution in [0.4, 0.5) is 0 Å². The number of likely N-dealkylation sites (tertiary alicyclic amines) is 1. The molecule has 2 atom stereocenters. The van der Waals surface area contributed by atoms with Crippen molar-refractivity contribution >= 4 is 17.6 Å². The second-order valence-electron chi connectivity index (χ2n) is 5.29. The Morgan fingerprint density at radius 2 is 1.95 bits per heavy atom. The molecule has 1 aliphatic carbocycles. The molecule has 2 amide bonds. The molecule has 1 saturated carbocycles. The third-order valence-corrected chi connectivity index (χ3v) is 3.97. The number of ketones is 1. The molecule has 1 heterocycles. The molecule has 1 aromatic rings. The van der Waals surface area contributed by atoms with Gasteiger partial charge in [0.1, 0.15) is 5.75 Å². The van der Waals surface area contributed by atoms with Gasteiger partial charge < -0.3 is 4.74 Å². The first kappa shape index (κ1) is 12.8. The van der Waals surface area contributed by atoms with Crippen LogP contribution in [0.2, 0.25) is 0 Å². The van der Waals surface area contributed by atoms with Gasteiger partial charge in [-0.15, -0.1) is 0 Å². The fourth-order valence-electron chi connectivity index (χ4n) is 2.70. The van der Waals surface area contributed by atoms with E-state index in [1.165, 1.54) is 18.9 Å². The van der Waals surface area contributed by atoms with Gasteiger partial charge >= 0.3 is 0 Å². The van der Waals surface area contributed by atoms with Crippen LogP contribution >= 0.6 is 0 Å². The topological polar surface area (TPSA) is 63.7 Å². The van der Waals surface area contributed by atoms with Crippen molar-refractivity contribution in [1.82, 2.24) is 4.90 Å². The first-order valence-corrected chi connectivity index (χ1v) is 6.56. The van der Waals surface area contributed by atoms with Gasteiger partial charge in [-0.1, -0.05) is 0 Å². The van der Waals surface area contributed by atoms with E-state index in [0.717, 1.165) is 0 Å². The maximum Gasteiger partial charge on any atom is 0.233 e. The largest absolute Gasteiger partial charge is 0.496 e. The van der Waals surface area contributed by atoms with Gasteiger partial charge in [-0.05, 0) is 31.5 Å². The summed E-state index contributed by atoms with van der Waals surface area (Å²) in [6.45, 7) is 1.65. The van der Waals surface area contributed by atoms with E-state index in [0.29, 0.717) is 23.3 Å². The summed E-state index contributed by atoms with van der Waals surface area (Å²) < 4.78 is 5.24. The maximum absolute atomic E-state index is 12.0. The molecule has 1 saturated heterocycles. The summed E-state index contributed by atoms with van der Waals surface area (Å²) in [4.78, 5) is 36.7. The zero-order valence-corrected chi connectivity index (χ0v) is 11.4. The molecule has 0 bridgehead atoms. The lowest BCUT2D eigenvalue weighted by molar-refractivity contribution is -0.142. The van der Waals surface area contributed by atoms with Gasteiger partial charge in [0.2, 0.25) is 11.8 Å². The standard InChI is InChI=1S/C15H15NO4/c1-8(17)9-3-4-13(20-2)10(5-9)7-16-14(18)11-6-12(11)15(16)19/h3-5,11-12H,6-7H2,1-2H3. The van der Waals surface area contributed by atoms with E-state index in [1.807, 2.05) is 0 Å². The fourth-order valence-corrected chi connectivity index (χ4v) is 2.70. The van der Waals surface area contributed by atoms with Crippen LogP contribution in [0.5, 0.6) is 5.75 Å². The predicted octanol–water partition coefficient (Wildman–Crippen LogP) is 1.40. The first-order valence-electron chi connectivity index (χ1n) is 6.56. The second kappa shape index (κ2) is 4.44. The van der Waals surface area contributed by atoms with Crippen molar-refractivity contribution in [3.63, 3.8) is 0 Å². The Labute approximate surface area is 116 Å². The van der Waals surface area contributed by atoms with E-state index < -0.39 is 0 Å². The van der Waals surface area contributed by atoms with Crippen LogP contribution in [0.15, 0.2) is 18.2 Å². The van der Waals surface area contributed by atoms with Crippen LogP contribution in [-0.2, 0) is 16.1 Å². The number of carbonyl (C=O) groups is 3. The van der Waals surface area contributed by atoms with Gasteiger partial charge in [0.25, 0.3) is 0 Å². The molecule has 0 radical (unpaired) electrons. The maximum atomic E-state index is 12.0. The third-order valence-electron chi connectivity index (χ3n) is 3.97. The molecule has 0 aromatic heterocycles. The van der Waals surface area contributed by atoms with E-state index in [-0.39, 0.29) is 36.0 Å². The van der Waals surface area contributed by atoms with Crippen LogP contribution in [0, 0.1) is 11.8 Å². The average Bonchev–Trinajstić information content (AvgIpc) is 3.19. The van der Waals surface area contributed by atoms with Crippen molar-refractivity contribution in [3.05, 3.63) is 29.3 Å². The van der Waals surface area contributed by atoms with Crippen LogP contribution in [0.25, 0.3) is 0 Å². The van der Waals surface area contributed by atoms with Crippen LogP contribution in [0.1, 0.15) is 29.3 Å². The lowest BCUT2D eigenvalue weighted by Crippen LogP contribution is -2.32. The number of hydrogen-bond donors (Lipinski definition) is 0. The normalized spacial score (nSPS) is 23.8. The highest BCUT2D eigenvalue weighted by Crippen LogP contribution is 2.47. The summed E-state index contributed by atoms with van der Waals surface area (Å²) in [7, 11) is 1.53. The van der Waals surface area contributed by atoms with Crippen molar-refractivity contribution in [2.45, 2.75) is 19.9 Å². The minimum atomic E-state index is -0.107. The number of benzene rings is 1. The number of imide groups is 1. The molecule has 5 nitrogen and oxygen atoms in total. The van der Waals surface area contributed by atoms with E-state index in [9.17, 15) is 14.4 Å². The van der Waals surface area contributed by atoms with Gasteiger partial charge in [-0.2, -0.15) is 0 Å². The Hall–Kier alpha value is -2.17. The number of ether oxygens (including phenoxy) is 1. The Bertz CT molecular complexity index is 602. The molecule has 1 aliphatic heterocycles. The van der Waals surface area contributed by atoms with Gasteiger partial charge in [-0.25, -0.2) is 0 Å². The van der Waals surface area contributed by atoms with E-state index >= 15 is 0 Å². The number of fused-ring (bicyclic) bond motifs is 1. The summed E-state index contributed by atoms with van der Waals surface area (Å²) in [6.07, 6.45) is 0.693. The highest BCUT2D eigenvalue weighted by molar-refractivity contribution is 6.08. The minimum Gasteiger partial charge on any atom is -0.496 e. The first-order chi connectivity index (χ1) is 9.52. The number of hydrogen-bond acceptors (Lipinski definition) is 4. The SMILES string of the molecule is COc1ccc(C(C)=O)cc1CN1C(=O)C2CC2C1=O. The highest BCUT2D eigenvalue weighted by Gasteiger charge is 2.58. The molecule has 2 unspecified atom stereocenters. The monoisotopic (exact) mass is 273 g/mol. The summed E-state index contributed by atoms with van der Waals surface area (Å²) in [6, 6.07) is 5.05.